The Hall–Kier alpha value is -1.24. The van der Waals surface area contributed by atoms with Gasteiger partial charge in [0.15, 0.2) is 0 Å². The SMILES string of the molecule is CCCCCOC1=Cc2ccccc21. The van der Waals surface area contributed by atoms with Gasteiger partial charge in [-0.2, -0.15) is 0 Å². The molecule has 0 spiro atoms. The molecule has 1 aliphatic rings. The van der Waals surface area contributed by atoms with Gasteiger partial charge in [-0.1, -0.05) is 44.0 Å². The fourth-order valence-corrected chi connectivity index (χ4v) is 1.64. The molecule has 0 fully saturated rings. The predicted molar refractivity (Wildman–Crippen MR) is 59.8 cm³/mol. The van der Waals surface area contributed by atoms with Gasteiger partial charge in [-0.3, -0.25) is 0 Å². The Bertz CT molecular complexity index is 339. The van der Waals surface area contributed by atoms with Crippen molar-refractivity contribution in [2.24, 2.45) is 0 Å². The fourth-order valence-electron chi connectivity index (χ4n) is 1.64. The maximum absolute atomic E-state index is 5.67. The van der Waals surface area contributed by atoms with Crippen LogP contribution in [0.5, 0.6) is 0 Å². The zero-order valence-corrected chi connectivity index (χ0v) is 8.62. The molecule has 1 nitrogen and oxygen atoms in total. The van der Waals surface area contributed by atoms with E-state index in [1.165, 1.54) is 24.0 Å². The van der Waals surface area contributed by atoms with E-state index in [0.717, 1.165) is 18.8 Å². The molecule has 0 aliphatic heterocycles. The molecule has 0 aromatic heterocycles. The molecule has 1 aromatic rings. The van der Waals surface area contributed by atoms with Crippen LogP contribution in [0.15, 0.2) is 24.3 Å². The van der Waals surface area contributed by atoms with E-state index in [-0.39, 0.29) is 0 Å². The van der Waals surface area contributed by atoms with Gasteiger partial charge in [-0.05, 0) is 18.1 Å². The maximum atomic E-state index is 5.67. The molecule has 1 heteroatoms. The molecule has 0 amide bonds. The van der Waals surface area contributed by atoms with Crippen LogP contribution in [0.1, 0.15) is 37.3 Å². The van der Waals surface area contributed by atoms with E-state index in [1.54, 1.807) is 0 Å². The van der Waals surface area contributed by atoms with Gasteiger partial charge in [0, 0.05) is 5.56 Å². The summed E-state index contributed by atoms with van der Waals surface area (Å²) in [5.74, 6) is 1.07. The Labute approximate surface area is 85.4 Å². The second-order valence-corrected chi connectivity index (χ2v) is 3.65. The van der Waals surface area contributed by atoms with Crippen LogP contribution in [-0.4, -0.2) is 6.61 Å². The monoisotopic (exact) mass is 188 g/mol. The van der Waals surface area contributed by atoms with E-state index in [9.17, 15) is 0 Å². The van der Waals surface area contributed by atoms with Crippen LogP contribution in [-0.2, 0) is 4.74 Å². The molecule has 1 aliphatic carbocycles. The van der Waals surface area contributed by atoms with Gasteiger partial charge in [0.2, 0.25) is 0 Å². The molecule has 0 saturated carbocycles. The standard InChI is InChI=1S/C13H16O/c1-2-3-6-9-14-13-10-11-7-4-5-8-12(11)13/h4-5,7-8,10H,2-3,6,9H2,1H3. The molecule has 0 radical (unpaired) electrons. The first kappa shape index (κ1) is 9.32. The molecule has 0 N–H and O–H groups in total. The Balaban J connectivity index is 1.81. The molecule has 1 aromatic carbocycles. The van der Waals surface area contributed by atoms with E-state index in [2.05, 4.69) is 37.3 Å². The lowest BCUT2D eigenvalue weighted by Crippen LogP contribution is -2.03. The first-order valence-corrected chi connectivity index (χ1v) is 5.35. The second-order valence-electron chi connectivity index (χ2n) is 3.65. The number of unbranched alkanes of at least 4 members (excludes halogenated alkanes) is 2. The third-order valence-corrected chi connectivity index (χ3v) is 2.52. The van der Waals surface area contributed by atoms with Crippen molar-refractivity contribution in [2.45, 2.75) is 26.2 Å². The number of hydrogen-bond donors (Lipinski definition) is 0. The summed E-state index contributed by atoms with van der Waals surface area (Å²) in [6.07, 6.45) is 5.78. The molecule has 0 atom stereocenters. The topological polar surface area (TPSA) is 9.23 Å². The lowest BCUT2D eigenvalue weighted by Gasteiger charge is -2.20. The summed E-state index contributed by atoms with van der Waals surface area (Å²) >= 11 is 0. The first-order valence-electron chi connectivity index (χ1n) is 5.35. The number of ether oxygens (including phenoxy) is 1. The van der Waals surface area contributed by atoms with Crippen LogP contribution in [0.25, 0.3) is 11.8 Å². The average molecular weight is 188 g/mol. The molecule has 0 saturated heterocycles. The molecule has 0 bridgehead atoms. The number of rotatable bonds is 5. The van der Waals surface area contributed by atoms with Crippen LogP contribution in [0.3, 0.4) is 0 Å². The highest BCUT2D eigenvalue weighted by Crippen LogP contribution is 2.32. The molecular weight excluding hydrogens is 172 g/mol. The first-order chi connectivity index (χ1) is 6.92. The molecular formula is C13H16O. The summed E-state index contributed by atoms with van der Waals surface area (Å²) < 4.78 is 5.67. The van der Waals surface area contributed by atoms with Gasteiger partial charge < -0.3 is 4.74 Å². The van der Waals surface area contributed by atoms with E-state index in [4.69, 9.17) is 4.74 Å². The Morgan fingerprint density at radius 2 is 2.00 bits per heavy atom. The Morgan fingerprint density at radius 3 is 2.79 bits per heavy atom. The summed E-state index contributed by atoms with van der Waals surface area (Å²) in [5, 5.41) is 0. The van der Waals surface area contributed by atoms with Crippen molar-refractivity contribution < 1.29 is 4.74 Å². The molecule has 0 heterocycles. The Morgan fingerprint density at radius 1 is 1.14 bits per heavy atom. The van der Waals surface area contributed by atoms with Crippen molar-refractivity contribution in [1.29, 1.82) is 0 Å². The second kappa shape index (κ2) is 4.32. The van der Waals surface area contributed by atoms with Crippen molar-refractivity contribution >= 4 is 11.8 Å². The van der Waals surface area contributed by atoms with Gasteiger partial charge in [0.25, 0.3) is 0 Å². The van der Waals surface area contributed by atoms with Crippen LogP contribution in [0.2, 0.25) is 0 Å². The largest absolute Gasteiger partial charge is 0.493 e. The minimum Gasteiger partial charge on any atom is -0.493 e. The predicted octanol–water partition coefficient (Wildman–Crippen LogP) is 3.70. The summed E-state index contributed by atoms with van der Waals surface area (Å²) in [6, 6.07) is 8.35. The third kappa shape index (κ3) is 1.82. The third-order valence-electron chi connectivity index (χ3n) is 2.52. The summed E-state index contributed by atoms with van der Waals surface area (Å²) in [7, 11) is 0. The van der Waals surface area contributed by atoms with Crippen LogP contribution in [0, 0.1) is 0 Å². The molecule has 14 heavy (non-hydrogen) atoms. The van der Waals surface area contributed by atoms with E-state index >= 15 is 0 Å². The van der Waals surface area contributed by atoms with Gasteiger partial charge in [-0.15, -0.1) is 0 Å². The zero-order valence-electron chi connectivity index (χ0n) is 8.62. The van der Waals surface area contributed by atoms with Gasteiger partial charge >= 0.3 is 0 Å². The average Bonchev–Trinajstić information content (AvgIpc) is 2.19. The minimum atomic E-state index is 0.855. The number of fused-ring (bicyclic) bond motifs is 1. The van der Waals surface area contributed by atoms with Crippen LogP contribution >= 0.6 is 0 Å². The van der Waals surface area contributed by atoms with Crippen LogP contribution < -0.4 is 0 Å². The zero-order chi connectivity index (χ0) is 9.80. The molecule has 0 unspecified atom stereocenters. The van der Waals surface area contributed by atoms with Gasteiger partial charge in [0.05, 0.1) is 6.61 Å². The van der Waals surface area contributed by atoms with Gasteiger partial charge in [-0.25, -0.2) is 0 Å². The van der Waals surface area contributed by atoms with E-state index in [0.29, 0.717) is 0 Å². The lowest BCUT2D eigenvalue weighted by molar-refractivity contribution is 0.267. The fraction of sp³-hybridized carbons (Fsp3) is 0.385. The number of hydrogen-bond acceptors (Lipinski definition) is 1. The van der Waals surface area contributed by atoms with Crippen molar-refractivity contribution in [3.8, 4) is 0 Å². The van der Waals surface area contributed by atoms with E-state index < -0.39 is 0 Å². The van der Waals surface area contributed by atoms with Crippen molar-refractivity contribution in [3.63, 3.8) is 0 Å². The van der Waals surface area contributed by atoms with Crippen molar-refractivity contribution in [1.82, 2.24) is 0 Å². The lowest BCUT2D eigenvalue weighted by atomic mass is 9.96. The Kier molecular flexibility index (Phi) is 2.87. The highest BCUT2D eigenvalue weighted by atomic mass is 16.5. The summed E-state index contributed by atoms with van der Waals surface area (Å²) in [4.78, 5) is 0. The highest BCUT2D eigenvalue weighted by molar-refractivity contribution is 5.91. The van der Waals surface area contributed by atoms with Crippen molar-refractivity contribution in [2.75, 3.05) is 6.61 Å². The molecule has 74 valence electrons. The minimum absolute atomic E-state index is 0.855. The summed E-state index contributed by atoms with van der Waals surface area (Å²) in [6.45, 7) is 3.06. The van der Waals surface area contributed by atoms with Crippen LogP contribution in [0.4, 0.5) is 0 Å². The van der Waals surface area contributed by atoms with Gasteiger partial charge in [0.1, 0.15) is 5.76 Å². The maximum Gasteiger partial charge on any atom is 0.127 e. The molecule has 2 rings (SSSR count). The summed E-state index contributed by atoms with van der Waals surface area (Å²) in [5.41, 5.74) is 2.57. The van der Waals surface area contributed by atoms with Crippen molar-refractivity contribution in [3.05, 3.63) is 35.4 Å². The quantitative estimate of drug-likeness (QED) is 0.640. The number of benzene rings is 1. The smallest absolute Gasteiger partial charge is 0.127 e. The highest BCUT2D eigenvalue weighted by Gasteiger charge is 2.15. The normalized spacial score (nSPS) is 12.8. The van der Waals surface area contributed by atoms with E-state index in [1.807, 2.05) is 0 Å².